The first-order valence-corrected chi connectivity index (χ1v) is 11.2. The molecule has 30 heavy (non-hydrogen) atoms. The Morgan fingerprint density at radius 1 is 1.23 bits per heavy atom. The molecule has 160 valence electrons. The lowest BCUT2D eigenvalue weighted by Gasteiger charge is -2.27. The molecule has 0 spiro atoms. The lowest BCUT2D eigenvalue weighted by atomic mass is 10.0. The summed E-state index contributed by atoms with van der Waals surface area (Å²) in [7, 11) is 1.54. The number of halogens is 2. The fourth-order valence-electron chi connectivity index (χ4n) is 3.55. The summed E-state index contributed by atoms with van der Waals surface area (Å²) in [5, 5.41) is 9.27. The normalized spacial score (nSPS) is 18.9. The summed E-state index contributed by atoms with van der Waals surface area (Å²) in [5.74, 6) is -0.529. The largest absolute Gasteiger partial charge is 0.495 e. The standard InChI is InChI=1S/C22H23Cl2NO4S/c1-12(2)11-25-16-8-7-13(23)9-15(16)21(30-18(22(25)28)10-19(26)27)14-5-4-6-17(29-3)20(14)24/h4-9,12,18,21H,10-11H2,1-3H3,(H,26,27)/t18-,21-/m1/s1. The summed E-state index contributed by atoms with van der Waals surface area (Å²) in [6, 6.07) is 10.9. The van der Waals surface area contributed by atoms with Gasteiger partial charge in [-0.15, -0.1) is 11.8 Å². The zero-order chi connectivity index (χ0) is 22.0. The highest BCUT2D eigenvalue weighted by molar-refractivity contribution is 8.01. The second-order valence-electron chi connectivity index (χ2n) is 7.51. The minimum atomic E-state index is -1.02. The molecule has 0 saturated heterocycles. The molecule has 1 aliphatic heterocycles. The molecule has 0 fully saturated rings. The zero-order valence-electron chi connectivity index (χ0n) is 16.9. The van der Waals surface area contributed by atoms with Crippen molar-refractivity contribution < 1.29 is 19.4 Å². The fourth-order valence-corrected chi connectivity index (χ4v) is 5.59. The summed E-state index contributed by atoms with van der Waals surface area (Å²) in [6.45, 7) is 4.51. The summed E-state index contributed by atoms with van der Waals surface area (Å²) < 4.78 is 5.37. The molecule has 1 heterocycles. The number of carbonyl (C=O) groups is 2. The van der Waals surface area contributed by atoms with Gasteiger partial charge in [-0.3, -0.25) is 9.59 Å². The smallest absolute Gasteiger partial charge is 0.305 e. The second kappa shape index (κ2) is 9.50. The van der Waals surface area contributed by atoms with E-state index in [-0.39, 0.29) is 23.5 Å². The van der Waals surface area contributed by atoms with E-state index in [2.05, 4.69) is 0 Å². The van der Waals surface area contributed by atoms with Crippen LogP contribution < -0.4 is 9.64 Å². The summed E-state index contributed by atoms with van der Waals surface area (Å²) in [6.07, 6.45) is -0.280. The number of nitrogens with zero attached hydrogens (tertiary/aromatic N) is 1. The molecule has 8 heteroatoms. The maximum absolute atomic E-state index is 13.4. The lowest BCUT2D eigenvalue weighted by Crippen LogP contribution is -2.40. The Labute approximate surface area is 190 Å². The molecule has 1 aliphatic rings. The topological polar surface area (TPSA) is 66.8 Å². The highest BCUT2D eigenvalue weighted by Crippen LogP contribution is 2.50. The SMILES string of the molecule is COc1cccc([C@H]2S[C@H](CC(=O)O)C(=O)N(CC(C)C)c3ccc(Cl)cc32)c1Cl. The van der Waals surface area contributed by atoms with E-state index < -0.39 is 11.2 Å². The van der Waals surface area contributed by atoms with Crippen molar-refractivity contribution in [1.82, 2.24) is 0 Å². The molecule has 0 aromatic heterocycles. The van der Waals surface area contributed by atoms with Crippen LogP contribution in [-0.4, -0.2) is 35.9 Å². The van der Waals surface area contributed by atoms with Crippen molar-refractivity contribution in [2.45, 2.75) is 30.8 Å². The van der Waals surface area contributed by atoms with Crippen LogP contribution in [0, 0.1) is 5.92 Å². The number of anilines is 1. The second-order valence-corrected chi connectivity index (χ2v) is 9.64. The lowest BCUT2D eigenvalue weighted by molar-refractivity contribution is -0.138. The molecule has 2 aromatic rings. The van der Waals surface area contributed by atoms with E-state index in [0.29, 0.717) is 22.3 Å². The average molecular weight is 468 g/mol. The fraction of sp³-hybridized carbons (Fsp3) is 0.364. The Morgan fingerprint density at radius 2 is 1.97 bits per heavy atom. The number of amides is 1. The van der Waals surface area contributed by atoms with Crippen LogP contribution in [0.5, 0.6) is 5.75 Å². The van der Waals surface area contributed by atoms with E-state index in [1.165, 1.54) is 18.9 Å². The van der Waals surface area contributed by atoms with E-state index in [9.17, 15) is 14.7 Å². The Balaban J connectivity index is 2.23. The Morgan fingerprint density at radius 3 is 2.60 bits per heavy atom. The van der Waals surface area contributed by atoms with Gasteiger partial charge < -0.3 is 14.7 Å². The van der Waals surface area contributed by atoms with Gasteiger partial charge in [0.15, 0.2) is 0 Å². The van der Waals surface area contributed by atoms with Crippen LogP contribution >= 0.6 is 35.0 Å². The highest BCUT2D eigenvalue weighted by Gasteiger charge is 2.38. The van der Waals surface area contributed by atoms with Crippen molar-refractivity contribution >= 4 is 52.5 Å². The maximum atomic E-state index is 13.4. The minimum Gasteiger partial charge on any atom is -0.495 e. The van der Waals surface area contributed by atoms with E-state index in [0.717, 1.165) is 16.8 Å². The van der Waals surface area contributed by atoms with Crippen LogP contribution in [0.1, 0.15) is 36.6 Å². The van der Waals surface area contributed by atoms with E-state index in [4.69, 9.17) is 27.9 Å². The van der Waals surface area contributed by atoms with Gasteiger partial charge in [-0.1, -0.05) is 49.2 Å². The third kappa shape index (κ3) is 4.71. The number of hydrogen-bond acceptors (Lipinski definition) is 4. The molecule has 0 unspecified atom stereocenters. The summed E-state index contributed by atoms with van der Waals surface area (Å²) in [4.78, 5) is 26.6. The number of carboxylic acids is 1. The molecule has 0 saturated carbocycles. The van der Waals surface area contributed by atoms with Crippen molar-refractivity contribution in [2.75, 3.05) is 18.6 Å². The molecular formula is C22H23Cl2NO4S. The molecular weight excluding hydrogens is 445 g/mol. The number of aliphatic carboxylic acids is 1. The first-order valence-electron chi connectivity index (χ1n) is 9.53. The van der Waals surface area contributed by atoms with Crippen LogP contribution in [0.25, 0.3) is 0 Å². The van der Waals surface area contributed by atoms with Crippen molar-refractivity contribution in [3.05, 3.63) is 57.6 Å². The molecule has 0 aliphatic carbocycles. The quantitative estimate of drug-likeness (QED) is 0.592. The monoisotopic (exact) mass is 467 g/mol. The molecule has 2 atom stereocenters. The number of thioether (sulfide) groups is 1. The van der Waals surface area contributed by atoms with Crippen LogP contribution in [-0.2, 0) is 9.59 Å². The predicted molar refractivity (Wildman–Crippen MR) is 122 cm³/mol. The highest BCUT2D eigenvalue weighted by atomic mass is 35.5. The summed E-state index contributed by atoms with van der Waals surface area (Å²) in [5.41, 5.74) is 2.30. The Bertz CT molecular complexity index is 966. The van der Waals surface area contributed by atoms with E-state index in [1.54, 1.807) is 17.0 Å². The first-order chi connectivity index (χ1) is 14.2. The molecule has 2 aromatic carbocycles. The van der Waals surface area contributed by atoms with Crippen LogP contribution in [0.2, 0.25) is 10.0 Å². The number of rotatable bonds is 6. The number of hydrogen-bond donors (Lipinski definition) is 1. The van der Waals surface area contributed by atoms with Crippen molar-refractivity contribution in [3.63, 3.8) is 0 Å². The van der Waals surface area contributed by atoms with Crippen molar-refractivity contribution in [1.29, 1.82) is 0 Å². The first kappa shape index (κ1) is 22.8. The number of carboxylic acid groups (broad SMARTS) is 1. The molecule has 1 N–H and O–H groups in total. The number of methoxy groups -OCH3 is 1. The molecule has 0 bridgehead atoms. The number of carbonyl (C=O) groups excluding carboxylic acids is 1. The molecule has 0 radical (unpaired) electrons. The number of ether oxygens (including phenoxy) is 1. The van der Waals surface area contributed by atoms with Crippen molar-refractivity contribution in [2.24, 2.45) is 5.92 Å². The van der Waals surface area contributed by atoms with Gasteiger partial charge in [0.25, 0.3) is 0 Å². The maximum Gasteiger partial charge on any atom is 0.305 e. The minimum absolute atomic E-state index is 0.199. The van der Waals surface area contributed by atoms with Gasteiger partial charge in [0.2, 0.25) is 5.91 Å². The Kier molecular flexibility index (Phi) is 7.22. The van der Waals surface area contributed by atoms with Gasteiger partial charge >= 0.3 is 5.97 Å². The third-order valence-electron chi connectivity index (χ3n) is 4.81. The zero-order valence-corrected chi connectivity index (χ0v) is 19.2. The van der Waals surface area contributed by atoms with Gasteiger partial charge in [0.05, 0.1) is 29.1 Å². The van der Waals surface area contributed by atoms with Gasteiger partial charge in [-0.25, -0.2) is 0 Å². The predicted octanol–water partition coefficient (Wildman–Crippen LogP) is 5.67. The van der Waals surface area contributed by atoms with Crippen LogP contribution in [0.15, 0.2) is 36.4 Å². The van der Waals surface area contributed by atoms with Crippen LogP contribution in [0.4, 0.5) is 5.69 Å². The van der Waals surface area contributed by atoms with Crippen LogP contribution in [0.3, 0.4) is 0 Å². The van der Waals surface area contributed by atoms with Gasteiger partial charge in [-0.05, 0) is 41.3 Å². The Hall–Kier alpha value is -1.89. The van der Waals surface area contributed by atoms with Gasteiger partial charge in [0.1, 0.15) is 5.75 Å². The van der Waals surface area contributed by atoms with E-state index >= 15 is 0 Å². The molecule has 1 amide bonds. The molecule has 5 nitrogen and oxygen atoms in total. The molecule has 3 rings (SSSR count). The number of benzene rings is 2. The third-order valence-corrected chi connectivity index (χ3v) is 6.92. The summed E-state index contributed by atoms with van der Waals surface area (Å²) >= 11 is 14.2. The van der Waals surface area contributed by atoms with Gasteiger partial charge in [-0.2, -0.15) is 0 Å². The number of fused-ring (bicyclic) bond motifs is 1. The van der Waals surface area contributed by atoms with Crippen molar-refractivity contribution in [3.8, 4) is 5.75 Å². The van der Waals surface area contributed by atoms with E-state index in [1.807, 2.05) is 38.1 Å². The average Bonchev–Trinajstić information content (AvgIpc) is 2.78. The van der Waals surface area contributed by atoms with Gasteiger partial charge in [0, 0.05) is 17.3 Å².